The monoisotopic (exact) mass is 216 g/mol. The number of fused-ring (bicyclic) bond motifs is 3. The number of benzene rings is 1. The summed E-state index contributed by atoms with van der Waals surface area (Å²) >= 11 is 0. The Balaban J connectivity index is 2.40. The fourth-order valence-electron chi connectivity index (χ4n) is 2.69. The smallest absolute Gasteiger partial charge is 0.128 e. The van der Waals surface area contributed by atoms with Crippen molar-refractivity contribution in [1.82, 2.24) is 9.88 Å². The second-order valence-corrected chi connectivity index (χ2v) is 4.27. The average molecular weight is 216 g/mol. The molecule has 2 aromatic rings. The topological polar surface area (TPSA) is 26.2 Å². The van der Waals surface area contributed by atoms with E-state index in [1.54, 1.807) is 7.11 Å². The summed E-state index contributed by atoms with van der Waals surface area (Å²) in [5, 5.41) is 4.70. The van der Waals surface area contributed by atoms with E-state index in [0.29, 0.717) is 0 Å². The highest BCUT2D eigenvalue weighted by molar-refractivity contribution is 5.91. The molecule has 3 heteroatoms. The Morgan fingerprint density at radius 2 is 2.25 bits per heavy atom. The minimum atomic E-state index is 0.951. The van der Waals surface area contributed by atoms with Crippen LogP contribution in [-0.2, 0) is 20.0 Å². The molecule has 1 aromatic heterocycles. The molecule has 0 radical (unpaired) electrons. The van der Waals surface area contributed by atoms with Gasteiger partial charge in [0.05, 0.1) is 12.6 Å². The van der Waals surface area contributed by atoms with E-state index < -0.39 is 0 Å². The molecular weight excluding hydrogens is 200 g/mol. The zero-order valence-electron chi connectivity index (χ0n) is 9.71. The molecule has 3 rings (SSSR count). The van der Waals surface area contributed by atoms with Gasteiger partial charge in [-0.2, -0.15) is 0 Å². The maximum atomic E-state index is 5.47. The lowest BCUT2D eigenvalue weighted by Gasteiger charge is -2.15. The van der Waals surface area contributed by atoms with Crippen molar-refractivity contribution in [3.63, 3.8) is 0 Å². The number of hydrogen-bond acceptors (Lipinski definition) is 2. The van der Waals surface area contributed by atoms with Crippen molar-refractivity contribution >= 4 is 10.9 Å². The molecule has 2 heterocycles. The third-order valence-corrected chi connectivity index (χ3v) is 3.48. The Bertz CT molecular complexity index is 542. The molecule has 0 unspecified atom stereocenters. The lowest BCUT2D eigenvalue weighted by Crippen LogP contribution is -2.24. The van der Waals surface area contributed by atoms with E-state index in [2.05, 4.69) is 29.1 Å². The molecule has 1 aromatic carbocycles. The van der Waals surface area contributed by atoms with Crippen LogP contribution in [0.25, 0.3) is 10.9 Å². The van der Waals surface area contributed by atoms with Gasteiger partial charge in [-0.1, -0.05) is 6.07 Å². The summed E-state index contributed by atoms with van der Waals surface area (Å²) in [6.45, 7) is 2.02. The van der Waals surface area contributed by atoms with E-state index >= 15 is 0 Å². The molecular formula is C13H16N2O. The van der Waals surface area contributed by atoms with Crippen molar-refractivity contribution in [2.75, 3.05) is 13.7 Å². The fraction of sp³-hybridized carbons (Fsp3) is 0.385. The van der Waals surface area contributed by atoms with E-state index in [9.17, 15) is 0 Å². The minimum Gasteiger partial charge on any atom is -0.496 e. The first-order valence-corrected chi connectivity index (χ1v) is 5.67. The van der Waals surface area contributed by atoms with Crippen LogP contribution in [0.3, 0.4) is 0 Å². The van der Waals surface area contributed by atoms with Crippen molar-refractivity contribution in [3.05, 3.63) is 29.5 Å². The average Bonchev–Trinajstić information content (AvgIpc) is 2.64. The first kappa shape index (κ1) is 9.73. The van der Waals surface area contributed by atoms with Gasteiger partial charge >= 0.3 is 0 Å². The molecule has 1 N–H and O–H groups in total. The largest absolute Gasteiger partial charge is 0.496 e. The number of hydrogen-bond donors (Lipinski definition) is 1. The molecule has 0 saturated carbocycles. The second kappa shape index (κ2) is 3.52. The summed E-state index contributed by atoms with van der Waals surface area (Å²) in [7, 11) is 3.89. The molecule has 16 heavy (non-hydrogen) atoms. The van der Waals surface area contributed by atoms with Gasteiger partial charge in [0.15, 0.2) is 0 Å². The Kier molecular flexibility index (Phi) is 2.14. The Labute approximate surface area is 95.0 Å². The van der Waals surface area contributed by atoms with Gasteiger partial charge in [-0.15, -0.1) is 0 Å². The molecule has 0 amide bonds. The summed E-state index contributed by atoms with van der Waals surface area (Å²) in [5.74, 6) is 0.984. The van der Waals surface area contributed by atoms with Crippen molar-refractivity contribution in [1.29, 1.82) is 0 Å². The summed E-state index contributed by atoms with van der Waals surface area (Å²) in [5.41, 5.74) is 4.12. The third kappa shape index (κ3) is 1.18. The van der Waals surface area contributed by atoms with Crippen molar-refractivity contribution in [3.8, 4) is 5.75 Å². The molecule has 0 spiro atoms. The lowest BCUT2D eigenvalue weighted by atomic mass is 10.1. The van der Waals surface area contributed by atoms with Crippen molar-refractivity contribution in [2.45, 2.75) is 13.0 Å². The van der Waals surface area contributed by atoms with Crippen LogP contribution in [0.15, 0.2) is 18.2 Å². The van der Waals surface area contributed by atoms with Gasteiger partial charge < -0.3 is 14.6 Å². The summed E-state index contributed by atoms with van der Waals surface area (Å²) in [6.07, 6.45) is 1.10. The quantitative estimate of drug-likeness (QED) is 0.787. The van der Waals surface area contributed by atoms with Gasteiger partial charge in [0.2, 0.25) is 0 Å². The predicted molar refractivity (Wildman–Crippen MR) is 64.9 cm³/mol. The number of aromatic nitrogens is 1. The molecule has 1 aliphatic rings. The van der Waals surface area contributed by atoms with Crippen LogP contribution in [0.1, 0.15) is 11.3 Å². The number of ether oxygens (including phenoxy) is 1. The zero-order valence-corrected chi connectivity index (χ0v) is 9.71. The van der Waals surface area contributed by atoms with Gasteiger partial charge in [-0.3, -0.25) is 0 Å². The maximum Gasteiger partial charge on any atom is 0.128 e. The van der Waals surface area contributed by atoms with Crippen molar-refractivity contribution in [2.24, 2.45) is 7.05 Å². The highest BCUT2D eigenvalue weighted by Gasteiger charge is 2.20. The number of nitrogens with zero attached hydrogens (tertiary/aromatic N) is 1. The van der Waals surface area contributed by atoms with Gasteiger partial charge in [0.1, 0.15) is 5.75 Å². The first-order valence-electron chi connectivity index (χ1n) is 5.67. The second-order valence-electron chi connectivity index (χ2n) is 4.27. The normalized spacial score (nSPS) is 15.1. The van der Waals surface area contributed by atoms with Crippen LogP contribution in [0, 0.1) is 0 Å². The molecule has 84 valence electrons. The van der Waals surface area contributed by atoms with Gasteiger partial charge in [0.25, 0.3) is 0 Å². The van der Waals surface area contributed by atoms with Gasteiger partial charge in [-0.05, 0) is 17.7 Å². The van der Waals surface area contributed by atoms with Crippen LogP contribution in [-0.4, -0.2) is 18.2 Å². The predicted octanol–water partition coefficient (Wildman–Crippen LogP) is 1.83. The molecule has 0 atom stereocenters. The van der Waals surface area contributed by atoms with Gasteiger partial charge in [0, 0.05) is 37.6 Å². The van der Waals surface area contributed by atoms with E-state index in [4.69, 9.17) is 4.74 Å². The SMILES string of the molecule is COc1cccc2c1c1c(n2C)CCNC1. The van der Waals surface area contributed by atoms with Crippen LogP contribution in [0.5, 0.6) is 5.75 Å². The summed E-state index contributed by atoms with van der Waals surface area (Å²) in [4.78, 5) is 0. The zero-order chi connectivity index (χ0) is 11.1. The van der Waals surface area contributed by atoms with Crippen LogP contribution < -0.4 is 10.1 Å². The highest BCUT2D eigenvalue weighted by atomic mass is 16.5. The van der Waals surface area contributed by atoms with Crippen LogP contribution in [0.4, 0.5) is 0 Å². The standard InChI is InChI=1S/C13H16N2O/c1-15-10-6-7-14-8-9(10)13-11(15)4-3-5-12(13)16-2/h3-5,14H,6-8H2,1-2H3. The van der Waals surface area contributed by atoms with E-state index in [0.717, 1.165) is 25.3 Å². The number of nitrogens with one attached hydrogen (secondary N) is 1. The van der Waals surface area contributed by atoms with Gasteiger partial charge in [-0.25, -0.2) is 0 Å². The van der Waals surface area contributed by atoms with E-state index in [1.807, 2.05) is 6.07 Å². The van der Waals surface area contributed by atoms with E-state index in [1.165, 1.54) is 22.2 Å². The maximum absolute atomic E-state index is 5.47. The summed E-state index contributed by atoms with van der Waals surface area (Å²) < 4.78 is 7.77. The molecule has 0 bridgehead atoms. The number of rotatable bonds is 1. The van der Waals surface area contributed by atoms with Crippen LogP contribution >= 0.6 is 0 Å². The van der Waals surface area contributed by atoms with Crippen LogP contribution in [0.2, 0.25) is 0 Å². The minimum absolute atomic E-state index is 0.951. The van der Waals surface area contributed by atoms with E-state index in [-0.39, 0.29) is 0 Å². The van der Waals surface area contributed by atoms with Crippen molar-refractivity contribution < 1.29 is 4.74 Å². The first-order chi connectivity index (χ1) is 7.83. The Hall–Kier alpha value is -1.48. The molecule has 3 nitrogen and oxygen atoms in total. The molecule has 0 aliphatic carbocycles. The number of methoxy groups -OCH3 is 1. The highest BCUT2D eigenvalue weighted by Crippen LogP contribution is 2.34. The third-order valence-electron chi connectivity index (χ3n) is 3.48. The fourth-order valence-corrected chi connectivity index (χ4v) is 2.69. The Morgan fingerprint density at radius 3 is 3.06 bits per heavy atom. The lowest BCUT2D eigenvalue weighted by molar-refractivity contribution is 0.419. The molecule has 0 saturated heterocycles. The Morgan fingerprint density at radius 1 is 1.38 bits per heavy atom. The molecule has 1 aliphatic heterocycles. The molecule has 0 fully saturated rings. The number of aryl methyl sites for hydroxylation is 1. The summed E-state index contributed by atoms with van der Waals surface area (Å²) in [6, 6.07) is 6.26.